The molecule has 214 valence electrons. The molecule has 0 spiro atoms. The van der Waals surface area contributed by atoms with Crippen LogP contribution < -0.4 is 4.90 Å². The van der Waals surface area contributed by atoms with E-state index < -0.39 is 5.83 Å². The Morgan fingerprint density at radius 1 is 1.27 bits per heavy atom. The Morgan fingerprint density at radius 3 is 2.59 bits per heavy atom. The van der Waals surface area contributed by atoms with E-state index in [-0.39, 0.29) is 58.2 Å². The Hall–Kier alpha value is -3.98. The number of nitrogens with zero attached hydrogens (tertiary/aromatic N) is 5. The van der Waals surface area contributed by atoms with Crippen molar-refractivity contribution < 1.29 is 19.1 Å². The van der Waals surface area contributed by atoms with E-state index in [1.165, 1.54) is 17.1 Å². The predicted molar refractivity (Wildman–Crippen MR) is 159 cm³/mol. The summed E-state index contributed by atoms with van der Waals surface area (Å²) >= 11 is 6.77. The van der Waals surface area contributed by atoms with Crippen molar-refractivity contribution in [2.75, 3.05) is 25.0 Å². The van der Waals surface area contributed by atoms with Gasteiger partial charge in [0.25, 0.3) is 0 Å². The maximum absolute atomic E-state index is 15.1. The highest BCUT2D eigenvalue weighted by Crippen LogP contribution is 2.41. The molecule has 0 saturated carbocycles. The van der Waals surface area contributed by atoms with Crippen molar-refractivity contribution in [1.82, 2.24) is 14.8 Å². The van der Waals surface area contributed by atoms with Crippen LogP contribution in [0.4, 0.5) is 15.9 Å². The molecule has 3 heterocycles. The van der Waals surface area contributed by atoms with Gasteiger partial charge >= 0.3 is 0 Å². The molecule has 1 N–H and O–H groups in total. The van der Waals surface area contributed by atoms with Gasteiger partial charge < -0.3 is 14.9 Å². The Kier molecular flexibility index (Phi) is 8.00. The maximum Gasteiger partial charge on any atom is 0.246 e. The molecule has 3 aliphatic rings. The van der Waals surface area contributed by atoms with Crippen LogP contribution in [0.1, 0.15) is 55.8 Å². The first kappa shape index (κ1) is 28.5. The van der Waals surface area contributed by atoms with Crippen molar-refractivity contribution in [2.24, 2.45) is 4.99 Å². The molecule has 10 heteroatoms. The molecule has 2 aliphatic heterocycles. The molecule has 1 aromatic heterocycles. The first-order valence-corrected chi connectivity index (χ1v) is 14.1. The molecule has 41 heavy (non-hydrogen) atoms. The number of hydrogen-bond donors (Lipinski definition) is 1. The first-order valence-electron chi connectivity index (χ1n) is 13.7. The standard InChI is InChI=1S/C31H33ClFN5O3/c1-5-27(41)36-15-20-13-19(36)16-37(20)30(34-4)22-14-23(32)29(28-24(33)10-8-12-26(28)40)35-31(22)38(17-39)25-11-7-6-9-21(25)18(2)3/h5-7,9-11,14,17-20,40H,1,8,12-13,15-16H2,2-4H3/t19-,20-/m1/s1. The Morgan fingerprint density at radius 2 is 1.98 bits per heavy atom. The predicted octanol–water partition coefficient (Wildman–Crippen LogP) is 5.92. The van der Waals surface area contributed by atoms with Crippen LogP contribution >= 0.6 is 11.6 Å². The van der Waals surface area contributed by atoms with Crippen molar-refractivity contribution in [3.63, 3.8) is 0 Å². The second-order valence-electron chi connectivity index (χ2n) is 10.7. The number of aliphatic hydroxyl groups excluding tert-OH is 1. The van der Waals surface area contributed by atoms with Crippen LogP contribution in [-0.2, 0) is 9.59 Å². The summed E-state index contributed by atoms with van der Waals surface area (Å²) in [6.07, 6.45) is 4.79. The number of anilines is 2. The zero-order valence-corrected chi connectivity index (χ0v) is 24.1. The number of piperazine rings is 1. The van der Waals surface area contributed by atoms with Gasteiger partial charge in [-0.25, -0.2) is 9.37 Å². The second kappa shape index (κ2) is 11.5. The lowest BCUT2D eigenvalue weighted by Crippen LogP contribution is -2.50. The molecule has 2 fully saturated rings. The van der Waals surface area contributed by atoms with E-state index in [1.54, 1.807) is 13.1 Å². The van der Waals surface area contributed by atoms with Gasteiger partial charge in [0.15, 0.2) is 5.82 Å². The van der Waals surface area contributed by atoms with Crippen molar-refractivity contribution >= 4 is 46.8 Å². The minimum Gasteiger partial charge on any atom is -0.511 e. The van der Waals surface area contributed by atoms with Gasteiger partial charge in [-0.05, 0) is 48.6 Å². The zero-order valence-electron chi connectivity index (χ0n) is 23.3. The van der Waals surface area contributed by atoms with Gasteiger partial charge in [0.05, 0.1) is 39.6 Å². The summed E-state index contributed by atoms with van der Waals surface area (Å²) in [7, 11) is 1.66. The van der Waals surface area contributed by atoms with Crippen LogP contribution in [-0.4, -0.2) is 70.3 Å². The number of aromatic nitrogens is 1. The number of aliphatic hydroxyl groups is 1. The third-order valence-corrected chi connectivity index (χ3v) is 8.29. The molecule has 2 saturated heterocycles. The molecule has 2 atom stereocenters. The number of aliphatic imine (C=N–C) groups is 1. The summed E-state index contributed by atoms with van der Waals surface area (Å²) < 4.78 is 15.1. The summed E-state index contributed by atoms with van der Waals surface area (Å²) in [6, 6.07) is 9.17. The van der Waals surface area contributed by atoms with Gasteiger partial charge in [-0.1, -0.05) is 50.2 Å². The molecule has 0 unspecified atom stereocenters. The number of hydrogen-bond acceptors (Lipinski definition) is 5. The van der Waals surface area contributed by atoms with Crippen LogP contribution in [0.3, 0.4) is 0 Å². The largest absolute Gasteiger partial charge is 0.511 e. The summed E-state index contributed by atoms with van der Waals surface area (Å²) in [4.78, 5) is 40.0. The number of amidine groups is 1. The van der Waals surface area contributed by atoms with E-state index in [4.69, 9.17) is 16.6 Å². The van der Waals surface area contributed by atoms with Gasteiger partial charge in [-0.2, -0.15) is 0 Å². The average molecular weight is 578 g/mol. The highest BCUT2D eigenvalue weighted by Gasteiger charge is 2.46. The minimum atomic E-state index is -0.615. The minimum absolute atomic E-state index is 0.000759. The van der Waals surface area contributed by atoms with Crippen LogP contribution in [0.2, 0.25) is 5.02 Å². The van der Waals surface area contributed by atoms with Crippen molar-refractivity contribution in [3.8, 4) is 0 Å². The quantitative estimate of drug-likeness (QED) is 0.191. The van der Waals surface area contributed by atoms with Crippen LogP contribution in [0.25, 0.3) is 5.57 Å². The van der Waals surface area contributed by atoms with E-state index in [0.29, 0.717) is 43.0 Å². The molecule has 8 nitrogen and oxygen atoms in total. The van der Waals surface area contributed by atoms with Crippen LogP contribution in [0.15, 0.2) is 65.6 Å². The average Bonchev–Trinajstić information content (AvgIpc) is 3.57. The van der Waals surface area contributed by atoms with Crippen LogP contribution in [0, 0.1) is 0 Å². The molecule has 2 amide bonds. The number of carbonyl (C=O) groups is 2. The third-order valence-electron chi connectivity index (χ3n) is 8.00. The maximum atomic E-state index is 15.1. The van der Waals surface area contributed by atoms with Gasteiger partial charge in [0.2, 0.25) is 12.3 Å². The van der Waals surface area contributed by atoms with E-state index in [1.807, 2.05) is 43.0 Å². The highest BCUT2D eigenvalue weighted by molar-refractivity contribution is 6.33. The number of allylic oxidation sites excluding steroid dienone is 4. The van der Waals surface area contributed by atoms with E-state index in [9.17, 15) is 14.7 Å². The number of pyridine rings is 1. The molecule has 0 radical (unpaired) electrons. The fourth-order valence-electron chi connectivity index (χ4n) is 6.09. The Balaban J connectivity index is 1.68. The van der Waals surface area contributed by atoms with Gasteiger partial charge in [-0.15, -0.1) is 0 Å². The number of benzene rings is 1. The normalized spacial score (nSPS) is 20.5. The lowest BCUT2D eigenvalue weighted by atomic mass is 9.98. The first-order chi connectivity index (χ1) is 19.7. The lowest BCUT2D eigenvalue weighted by Gasteiger charge is -2.36. The second-order valence-corrected chi connectivity index (χ2v) is 11.1. The molecular weight excluding hydrogens is 545 g/mol. The fourth-order valence-corrected chi connectivity index (χ4v) is 6.33. The molecular formula is C31H33ClFN5O3. The lowest BCUT2D eigenvalue weighted by molar-refractivity contribution is -0.127. The van der Waals surface area contributed by atoms with Gasteiger partial charge in [-0.3, -0.25) is 19.5 Å². The number of carbonyl (C=O) groups excluding carboxylic acids is 2. The molecule has 2 bridgehead atoms. The molecule has 1 aliphatic carbocycles. The van der Waals surface area contributed by atoms with Crippen molar-refractivity contribution in [1.29, 1.82) is 0 Å². The number of likely N-dealkylation sites (tertiary alicyclic amines) is 2. The number of rotatable bonds is 7. The number of fused-ring (bicyclic) bond motifs is 2. The van der Waals surface area contributed by atoms with Gasteiger partial charge in [0.1, 0.15) is 17.4 Å². The number of halogens is 2. The van der Waals surface area contributed by atoms with E-state index in [2.05, 4.69) is 16.5 Å². The number of para-hydroxylation sites is 1. The monoisotopic (exact) mass is 577 g/mol. The molecule has 2 aromatic rings. The van der Waals surface area contributed by atoms with Crippen molar-refractivity contribution in [2.45, 2.75) is 51.1 Å². The van der Waals surface area contributed by atoms with Crippen molar-refractivity contribution in [3.05, 3.63) is 82.5 Å². The van der Waals surface area contributed by atoms with E-state index in [0.717, 1.165) is 12.0 Å². The third kappa shape index (κ3) is 5.03. The topological polar surface area (TPSA) is 89.3 Å². The Bertz CT molecular complexity index is 1500. The van der Waals surface area contributed by atoms with E-state index >= 15 is 4.39 Å². The Labute approximate surface area is 244 Å². The molecule has 5 rings (SSSR count). The smallest absolute Gasteiger partial charge is 0.246 e. The van der Waals surface area contributed by atoms with Crippen LogP contribution in [0.5, 0.6) is 0 Å². The summed E-state index contributed by atoms with van der Waals surface area (Å²) in [5.41, 5.74) is 2.00. The zero-order chi connectivity index (χ0) is 29.4. The summed E-state index contributed by atoms with van der Waals surface area (Å²) in [5.74, 6) is 0.00705. The fraction of sp³-hybridized carbons (Fsp3) is 0.355. The SMILES string of the molecule is C=CC(=O)N1C[C@H]2C[C@@H]1CN2C(=NC)c1cc(Cl)c(C2=C(O)CCC=C2F)nc1N(C=O)c1ccccc1C(C)C. The molecule has 1 aromatic carbocycles. The highest BCUT2D eigenvalue weighted by atomic mass is 35.5. The summed E-state index contributed by atoms with van der Waals surface area (Å²) in [5, 5.41) is 10.8. The van der Waals surface area contributed by atoms with Gasteiger partial charge in [0, 0.05) is 26.6 Å². The summed E-state index contributed by atoms with van der Waals surface area (Å²) in [6.45, 7) is 8.75. The number of amides is 2.